The van der Waals surface area contributed by atoms with E-state index in [2.05, 4.69) is 17.3 Å². The van der Waals surface area contributed by atoms with E-state index in [1.165, 1.54) is 6.21 Å². The Hall–Kier alpha value is -2.14. The summed E-state index contributed by atoms with van der Waals surface area (Å²) in [5, 5.41) is 5.66. The number of ether oxygens (including phenoxy) is 1. The first-order chi connectivity index (χ1) is 12.2. The van der Waals surface area contributed by atoms with Gasteiger partial charge in [-0.05, 0) is 62.8 Å². The van der Waals surface area contributed by atoms with Crippen molar-refractivity contribution >= 4 is 29.6 Å². The number of benzene rings is 1. The minimum absolute atomic E-state index is 0.185. The van der Waals surface area contributed by atoms with Crippen LogP contribution in [0, 0.1) is 23.7 Å². The van der Waals surface area contributed by atoms with Crippen molar-refractivity contribution in [2.45, 2.75) is 32.8 Å². The second-order valence-corrected chi connectivity index (χ2v) is 8.54. The number of fused-ring (bicyclic) bond motifs is 5. The average Bonchev–Trinajstić information content (AvgIpc) is 3.22. The molecule has 2 bridgehead atoms. The molecule has 0 unspecified atom stereocenters. The molecule has 2 fully saturated rings. The second-order valence-electron chi connectivity index (χ2n) is 8.14. The van der Waals surface area contributed by atoms with E-state index in [0.717, 1.165) is 11.4 Å². The largest absolute Gasteiger partial charge is 0.487 e. The molecule has 1 aromatic rings. The van der Waals surface area contributed by atoms with E-state index in [4.69, 9.17) is 16.3 Å². The van der Waals surface area contributed by atoms with Crippen LogP contribution in [0.3, 0.4) is 0 Å². The smallest absolute Gasteiger partial charge is 0.254 e. The van der Waals surface area contributed by atoms with Crippen LogP contribution in [-0.4, -0.2) is 28.6 Å². The van der Waals surface area contributed by atoms with E-state index in [1.807, 2.05) is 20.8 Å². The van der Waals surface area contributed by atoms with Crippen LogP contribution in [-0.2, 0) is 9.59 Å². The van der Waals surface area contributed by atoms with Gasteiger partial charge in [-0.15, -0.1) is 0 Å². The van der Waals surface area contributed by atoms with Crippen LogP contribution in [0.5, 0.6) is 5.75 Å². The van der Waals surface area contributed by atoms with Crippen LogP contribution in [0.4, 0.5) is 0 Å². The molecule has 0 radical (unpaired) electrons. The van der Waals surface area contributed by atoms with Crippen molar-refractivity contribution in [3.8, 4) is 5.75 Å². The molecule has 2 aliphatic carbocycles. The molecule has 1 heterocycles. The Morgan fingerprint density at radius 3 is 2.31 bits per heavy atom. The molecule has 2 amide bonds. The zero-order valence-corrected chi connectivity index (χ0v) is 15.7. The normalized spacial score (nSPS) is 29.9. The Bertz CT molecular complexity index is 810. The first-order valence-corrected chi connectivity index (χ1v) is 9.21. The van der Waals surface area contributed by atoms with Gasteiger partial charge in [-0.25, -0.2) is 0 Å². The standard InChI is InChI=1S/C20H21ClN2O3/c1-20(2,3)26-15-7-4-11(8-14(15)21)10-22-23-18(24)16-12-5-6-13(9-12)17(16)19(23)25/h4-8,10,12-13,16-17H,9H2,1-3H3/t12-,13-,16-,17+/m0/s1. The van der Waals surface area contributed by atoms with Crippen LogP contribution < -0.4 is 4.74 Å². The summed E-state index contributed by atoms with van der Waals surface area (Å²) in [7, 11) is 0. The molecule has 3 aliphatic rings. The summed E-state index contributed by atoms with van der Waals surface area (Å²) in [6.07, 6.45) is 6.55. The third-order valence-corrected chi connectivity index (χ3v) is 5.44. The number of nitrogens with zero attached hydrogens (tertiary/aromatic N) is 2. The Morgan fingerprint density at radius 2 is 1.77 bits per heavy atom. The van der Waals surface area contributed by atoms with Gasteiger partial charge in [0.05, 0.1) is 23.1 Å². The summed E-state index contributed by atoms with van der Waals surface area (Å²) in [5.74, 6) is 0.108. The Kier molecular flexibility index (Phi) is 3.95. The molecule has 136 valence electrons. The van der Waals surface area contributed by atoms with Crippen LogP contribution in [0.15, 0.2) is 35.5 Å². The lowest BCUT2D eigenvalue weighted by atomic mass is 9.85. The lowest BCUT2D eigenvalue weighted by Gasteiger charge is -2.22. The van der Waals surface area contributed by atoms with Crippen molar-refractivity contribution in [3.63, 3.8) is 0 Å². The number of hydrogen-bond acceptors (Lipinski definition) is 4. The topological polar surface area (TPSA) is 59.0 Å². The number of rotatable bonds is 3. The highest BCUT2D eigenvalue weighted by Gasteiger charge is 2.59. The third kappa shape index (κ3) is 2.84. The fourth-order valence-corrected chi connectivity index (χ4v) is 4.36. The number of hydrogen-bond donors (Lipinski definition) is 0. The van der Waals surface area contributed by atoms with E-state index in [1.54, 1.807) is 18.2 Å². The van der Waals surface area contributed by atoms with Crippen LogP contribution in [0.2, 0.25) is 5.02 Å². The molecule has 1 saturated heterocycles. The predicted octanol–water partition coefficient (Wildman–Crippen LogP) is 3.66. The fraction of sp³-hybridized carbons (Fsp3) is 0.450. The maximum atomic E-state index is 12.6. The summed E-state index contributed by atoms with van der Waals surface area (Å²) in [6.45, 7) is 5.84. The van der Waals surface area contributed by atoms with Crippen molar-refractivity contribution in [1.29, 1.82) is 0 Å². The van der Waals surface area contributed by atoms with E-state index in [0.29, 0.717) is 16.3 Å². The fourth-order valence-electron chi connectivity index (χ4n) is 4.13. The van der Waals surface area contributed by atoms with E-state index in [9.17, 15) is 9.59 Å². The summed E-state index contributed by atoms with van der Waals surface area (Å²) >= 11 is 6.27. The molecule has 0 spiro atoms. The van der Waals surface area contributed by atoms with Gasteiger partial charge in [0.2, 0.25) is 0 Å². The monoisotopic (exact) mass is 372 g/mol. The minimum Gasteiger partial charge on any atom is -0.487 e. The van der Waals surface area contributed by atoms with Gasteiger partial charge in [0.25, 0.3) is 11.8 Å². The molecule has 6 heteroatoms. The van der Waals surface area contributed by atoms with Gasteiger partial charge in [-0.2, -0.15) is 10.1 Å². The number of imide groups is 1. The Labute approximate surface area is 157 Å². The van der Waals surface area contributed by atoms with Crippen molar-refractivity contribution in [2.75, 3.05) is 0 Å². The number of hydrazone groups is 1. The van der Waals surface area contributed by atoms with Gasteiger partial charge in [0, 0.05) is 0 Å². The average molecular weight is 373 g/mol. The van der Waals surface area contributed by atoms with Crippen LogP contribution in [0.25, 0.3) is 0 Å². The highest BCUT2D eigenvalue weighted by atomic mass is 35.5. The third-order valence-electron chi connectivity index (χ3n) is 5.14. The van der Waals surface area contributed by atoms with Crippen LogP contribution >= 0.6 is 11.6 Å². The molecule has 5 nitrogen and oxygen atoms in total. The van der Waals surface area contributed by atoms with Gasteiger partial charge in [0.1, 0.15) is 11.4 Å². The molecule has 0 N–H and O–H groups in total. The quantitative estimate of drug-likeness (QED) is 0.462. The lowest BCUT2D eigenvalue weighted by molar-refractivity contribution is -0.140. The van der Waals surface area contributed by atoms with Gasteiger partial charge in [0.15, 0.2) is 0 Å². The molecule has 1 aliphatic heterocycles. The molecule has 1 aromatic carbocycles. The number of amides is 2. The van der Waals surface area contributed by atoms with Gasteiger partial charge in [-0.1, -0.05) is 23.8 Å². The summed E-state index contributed by atoms with van der Waals surface area (Å²) < 4.78 is 5.78. The van der Waals surface area contributed by atoms with Crippen molar-refractivity contribution in [3.05, 3.63) is 40.9 Å². The van der Waals surface area contributed by atoms with Gasteiger partial charge < -0.3 is 4.74 Å². The molecule has 1 saturated carbocycles. The molecule has 4 rings (SSSR count). The van der Waals surface area contributed by atoms with Crippen LogP contribution in [0.1, 0.15) is 32.8 Å². The second kappa shape index (κ2) is 5.95. The number of allylic oxidation sites excluding steroid dienone is 2. The maximum Gasteiger partial charge on any atom is 0.254 e. The molecular formula is C20H21ClN2O3. The summed E-state index contributed by atoms with van der Waals surface area (Å²) in [6, 6.07) is 5.28. The minimum atomic E-state index is -0.348. The predicted molar refractivity (Wildman–Crippen MR) is 99.0 cm³/mol. The van der Waals surface area contributed by atoms with Gasteiger partial charge in [-0.3, -0.25) is 9.59 Å². The molecule has 26 heavy (non-hydrogen) atoms. The van der Waals surface area contributed by atoms with Crippen molar-refractivity contribution < 1.29 is 14.3 Å². The number of carbonyl (C=O) groups is 2. The Morgan fingerprint density at radius 1 is 1.15 bits per heavy atom. The first kappa shape index (κ1) is 17.3. The lowest BCUT2D eigenvalue weighted by Crippen LogP contribution is -2.28. The summed E-state index contributed by atoms with van der Waals surface area (Å²) in [5.41, 5.74) is 0.355. The first-order valence-electron chi connectivity index (χ1n) is 8.83. The highest BCUT2D eigenvalue weighted by molar-refractivity contribution is 6.32. The zero-order valence-electron chi connectivity index (χ0n) is 15.0. The number of carbonyl (C=O) groups excluding carboxylic acids is 2. The summed E-state index contributed by atoms with van der Waals surface area (Å²) in [4.78, 5) is 25.2. The van der Waals surface area contributed by atoms with E-state index in [-0.39, 0.29) is 41.1 Å². The van der Waals surface area contributed by atoms with Crippen molar-refractivity contribution in [2.24, 2.45) is 28.8 Å². The highest BCUT2D eigenvalue weighted by Crippen LogP contribution is 2.52. The Balaban J connectivity index is 1.51. The maximum absolute atomic E-state index is 12.6. The molecular weight excluding hydrogens is 352 g/mol. The zero-order chi connectivity index (χ0) is 18.6. The SMILES string of the molecule is CC(C)(C)Oc1ccc(C=NN2C(=O)[C@@H]3[C@H](C2=O)[C@H]2C=C[C@H]3C2)cc1Cl. The van der Waals surface area contributed by atoms with Crippen molar-refractivity contribution in [1.82, 2.24) is 5.01 Å². The molecule has 4 atom stereocenters. The van der Waals surface area contributed by atoms with E-state index >= 15 is 0 Å². The van der Waals surface area contributed by atoms with Gasteiger partial charge >= 0.3 is 0 Å². The molecule has 0 aromatic heterocycles. The number of halogens is 1. The van der Waals surface area contributed by atoms with E-state index < -0.39 is 0 Å².